The number of aromatic nitrogens is 2. The number of halogens is 1. The molecule has 1 aliphatic heterocycles. The van der Waals surface area contributed by atoms with E-state index in [1.54, 1.807) is 0 Å². The third kappa shape index (κ3) is 1.75. The van der Waals surface area contributed by atoms with Gasteiger partial charge in [0.1, 0.15) is 5.75 Å². The van der Waals surface area contributed by atoms with E-state index >= 15 is 0 Å². The van der Waals surface area contributed by atoms with Crippen LogP contribution in [-0.2, 0) is 4.79 Å². The normalized spacial score (nSPS) is 18.8. The predicted molar refractivity (Wildman–Crippen MR) is 84.5 cm³/mol. The molecule has 1 spiro atoms. The number of carbonyl (C=O) groups is 1. The molecule has 6 heteroatoms. The Morgan fingerprint density at radius 3 is 2.64 bits per heavy atom. The highest BCUT2D eigenvalue weighted by atomic mass is 35.5. The molecule has 0 atom stereocenters. The van der Waals surface area contributed by atoms with E-state index in [1.165, 1.54) is 0 Å². The van der Waals surface area contributed by atoms with Crippen LogP contribution in [0.5, 0.6) is 5.75 Å². The molecule has 2 heterocycles. The monoisotopic (exact) mass is 317 g/mol. The number of hydrogen-bond donors (Lipinski definition) is 0. The maximum atomic E-state index is 12.7. The van der Waals surface area contributed by atoms with E-state index in [0.29, 0.717) is 5.15 Å². The third-order valence-corrected chi connectivity index (χ3v) is 4.67. The van der Waals surface area contributed by atoms with Gasteiger partial charge in [0.15, 0.2) is 10.8 Å². The van der Waals surface area contributed by atoms with Gasteiger partial charge in [0.05, 0.1) is 11.4 Å². The smallest absolute Gasteiger partial charge is 0.271 e. The van der Waals surface area contributed by atoms with Crippen LogP contribution in [0.3, 0.4) is 0 Å². The predicted octanol–water partition coefficient (Wildman–Crippen LogP) is 3.26. The quantitative estimate of drug-likeness (QED) is 0.810. The fraction of sp³-hybridized carbons (Fsp3) is 0.438. The van der Waals surface area contributed by atoms with Crippen molar-refractivity contribution in [3.63, 3.8) is 0 Å². The first-order valence-electron chi connectivity index (χ1n) is 7.42. The van der Waals surface area contributed by atoms with Crippen molar-refractivity contribution in [3.8, 4) is 5.75 Å². The Bertz CT molecular complexity index is 815. The van der Waals surface area contributed by atoms with Crippen LogP contribution in [0.4, 0.5) is 5.69 Å². The molecule has 0 bridgehead atoms. The van der Waals surface area contributed by atoms with E-state index in [1.807, 2.05) is 37.8 Å². The molecule has 1 aromatic carbocycles. The minimum Gasteiger partial charge on any atom is -0.475 e. The van der Waals surface area contributed by atoms with Crippen molar-refractivity contribution in [2.75, 3.05) is 4.90 Å². The molecule has 5 nitrogen and oxygen atoms in total. The van der Waals surface area contributed by atoms with Gasteiger partial charge >= 0.3 is 0 Å². The lowest BCUT2D eigenvalue weighted by Gasteiger charge is -2.37. The van der Waals surface area contributed by atoms with Crippen LogP contribution in [0.15, 0.2) is 12.1 Å². The lowest BCUT2D eigenvalue weighted by molar-refractivity contribution is -0.128. The van der Waals surface area contributed by atoms with Crippen molar-refractivity contribution < 1.29 is 9.53 Å². The molecule has 22 heavy (non-hydrogen) atoms. The molecule has 2 aromatic rings. The van der Waals surface area contributed by atoms with Gasteiger partial charge in [0.2, 0.25) is 0 Å². The van der Waals surface area contributed by atoms with E-state index in [9.17, 15) is 4.79 Å². The SMILES string of the molecule is Cc1nnc(Cl)c2cc3c(cc12)OC1(CC1)C(=O)N3C(C)C. The minimum atomic E-state index is -0.650. The highest BCUT2D eigenvalue weighted by molar-refractivity contribution is 6.34. The van der Waals surface area contributed by atoms with E-state index in [-0.39, 0.29) is 11.9 Å². The number of fused-ring (bicyclic) bond motifs is 2. The number of benzene rings is 1. The lowest BCUT2D eigenvalue weighted by atomic mass is 10.0. The Balaban J connectivity index is 2.01. The van der Waals surface area contributed by atoms with Crippen molar-refractivity contribution in [1.29, 1.82) is 0 Å². The zero-order valence-corrected chi connectivity index (χ0v) is 13.4. The molecule has 4 rings (SSSR count). The maximum absolute atomic E-state index is 12.7. The third-order valence-electron chi connectivity index (χ3n) is 4.39. The summed E-state index contributed by atoms with van der Waals surface area (Å²) in [6, 6.07) is 3.88. The average molecular weight is 318 g/mol. The zero-order valence-electron chi connectivity index (χ0n) is 12.7. The highest BCUT2D eigenvalue weighted by Gasteiger charge is 2.58. The summed E-state index contributed by atoms with van der Waals surface area (Å²) in [5.74, 6) is 0.773. The number of aryl methyl sites for hydroxylation is 1. The van der Waals surface area contributed by atoms with Gasteiger partial charge in [-0.1, -0.05) is 11.6 Å². The fourth-order valence-corrected chi connectivity index (χ4v) is 3.25. The number of anilines is 1. The van der Waals surface area contributed by atoms with Gasteiger partial charge in [-0.2, -0.15) is 5.10 Å². The van der Waals surface area contributed by atoms with E-state index in [4.69, 9.17) is 16.3 Å². The molecule has 114 valence electrons. The van der Waals surface area contributed by atoms with Crippen LogP contribution in [-0.4, -0.2) is 27.7 Å². The number of amides is 1. The summed E-state index contributed by atoms with van der Waals surface area (Å²) in [5, 5.41) is 10.1. The van der Waals surface area contributed by atoms with Crippen LogP contribution < -0.4 is 9.64 Å². The molecule has 0 saturated heterocycles. The summed E-state index contributed by atoms with van der Waals surface area (Å²) < 4.78 is 6.04. The van der Waals surface area contributed by atoms with E-state index in [0.717, 1.165) is 40.7 Å². The van der Waals surface area contributed by atoms with Gasteiger partial charge in [-0.3, -0.25) is 4.79 Å². The summed E-state index contributed by atoms with van der Waals surface area (Å²) >= 11 is 6.19. The largest absolute Gasteiger partial charge is 0.475 e. The summed E-state index contributed by atoms with van der Waals surface area (Å²) in [4.78, 5) is 14.6. The summed E-state index contributed by atoms with van der Waals surface area (Å²) in [5.41, 5.74) is 0.909. The zero-order chi connectivity index (χ0) is 15.6. The van der Waals surface area contributed by atoms with Crippen molar-refractivity contribution >= 4 is 34.0 Å². The molecule has 1 saturated carbocycles. The van der Waals surface area contributed by atoms with Gasteiger partial charge < -0.3 is 9.64 Å². The highest BCUT2D eigenvalue weighted by Crippen LogP contribution is 2.51. The minimum absolute atomic E-state index is 0.0456. The Morgan fingerprint density at radius 1 is 1.27 bits per heavy atom. The summed E-state index contributed by atoms with van der Waals surface area (Å²) in [7, 11) is 0. The maximum Gasteiger partial charge on any atom is 0.271 e. The molecule has 0 N–H and O–H groups in total. The van der Waals surface area contributed by atoms with Crippen LogP contribution in [0, 0.1) is 6.92 Å². The summed E-state index contributed by atoms with van der Waals surface area (Å²) in [6.45, 7) is 5.90. The molecule has 0 radical (unpaired) electrons. The second-order valence-corrected chi connectivity index (χ2v) is 6.67. The molecule has 1 amide bonds. The van der Waals surface area contributed by atoms with Gasteiger partial charge in [-0.05, 0) is 32.9 Å². The van der Waals surface area contributed by atoms with Gasteiger partial charge in [0.25, 0.3) is 5.91 Å². The molecular formula is C16H16ClN3O2. The topological polar surface area (TPSA) is 55.3 Å². The molecule has 1 aliphatic carbocycles. The first kappa shape index (κ1) is 13.8. The molecule has 0 unspecified atom stereocenters. The van der Waals surface area contributed by atoms with Crippen molar-refractivity contribution in [2.45, 2.75) is 45.3 Å². The fourth-order valence-electron chi connectivity index (χ4n) is 3.06. The van der Waals surface area contributed by atoms with E-state index < -0.39 is 5.60 Å². The molecule has 1 fully saturated rings. The summed E-state index contributed by atoms with van der Waals surface area (Å²) in [6.07, 6.45) is 1.56. The Labute approximate surface area is 133 Å². The first-order chi connectivity index (χ1) is 10.4. The van der Waals surface area contributed by atoms with Gasteiger partial charge in [-0.15, -0.1) is 5.10 Å². The number of nitrogens with zero attached hydrogens (tertiary/aromatic N) is 3. The van der Waals surface area contributed by atoms with E-state index in [2.05, 4.69) is 10.2 Å². The average Bonchev–Trinajstić information content (AvgIpc) is 3.23. The molecule has 2 aliphatic rings. The number of hydrogen-bond acceptors (Lipinski definition) is 4. The Hall–Kier alpha value is -1.88. The van der Waals surface area contributed by atoms with Crippen LogP contribution in [0.1, 0.15) is 32.4 Å². The van der Waals surface area contributed by atoms with Gasteiger partial charge in [-0.25, -0.2) is 0 Å². The van der Waals surface area contributed by atoms with Crippen LogP contribution in [0.2, 0.25) is 5.15 Å². The van der Waals surface area contributed by atoms with Crippen LogP contribution >= 0.6 is 11.6 Å². The van der Waals surface area contributed by atoms with Crippen LogP contribution in [0.25, 0.3) is 10.8 Å². The standard InChI is InChI=1S/C16H16ClN3O2/c1-8(2)20-12-6-11-10(9(3)18-19-14(11)17)7-13(12)22-16(4-5-16)15(20)21/h6-8H,4-5H2,1-3H3. The Kier molecular flexibility index (Phi) is 2.70. The Morgan fingerprint density at radius 2 is 2.00 bits per heavy atom. The van der Waals surface area contributed by atoms with Gasteiger partial charge in [0, 0.05) is 29.7 Å². The second kappa shape index (κ2) is 4.32. The number of rotatable bonds is 1. The number of carbonyl (C=O) groups excluding carboxylic acids is 1. The van der Waals surface area contributed by atoms with Crippen molar-refractivity contribution in [2.24, 2.45) is 0 Å². The first-order valence-corrected chi connectivity index (χ1v) is 7.80. The second-order valence-electron chi connectivity index (χ2n) is 6.31. The van der Waals surface area contributed by atoms with Crippen molar-refractivity contribution in [1.82, 2.24) is 10.2 Å². The lowest BCUT2D eigenvalue weighted by Crippen LogP contribution is -2.50. The molecule has 1 aromatic heterocycles. The number of ether oxygens (including phenoxy) is 1. The van der Waals surface area contributed by atoms with Crippen molar-refractivity contribution in [3.05, 3.63) is 23.0 Å². The molecular weight excluding hydrogens is 302 g/mol.